The zero-order chi connectivity index (χ0) is 18.4. The van der Waals surface area contributed by atoms with Gasteiger partial charge in [0, 0.05) is 16.9 Å². The van der Waals surface area contributed by atoms with Crippen LogP contribution in [0.25, 0.3) is 0 Å². The molecule has 0 amide bonds. The standard InChI is InChI=1S/C22H28O2S/c1-6-17-10-9-11-21(25-22(23)8-3)19(17)14-24-20-13-15(4)18(7-2)12-16(20)5/h9-13H,6-8,14H2,1-5H3. The number of carbonyl (C=O) groups excluding carboxylic acids is 1. The summed E-state index contributed by atoms with van der Waals surface area (Å²) in [6.45, 7) is 10.9. The molecule has 0 fully saturated rings. The third-order valence-electron chi connectivity index (χ3n) is 4.51. The number of carbonyl (C=O) groups is 1. The van der Waals surface area contributed by atoms with Crippen LogP contribution in [-0.4, -0.2) is 5.12 Å². The fourth-order valence-electron chi connectivity index (χ4n) is 2.93. The van der Waals surface area contributed by atoms with E-state index in [1.807, 2.05) is 19.1 Å². The molecule has 0 N–H and O–H groups in total. The highest BCUT2D eigenvalue weighted by Gasteiger charge is 2.13. The number of rotatable bonds is 7. The van der Waals surface area contributed by atoms with Gasteiger partial charge < -0.3 is 4.74 Å². The monoisotopic (exact) mass is 356 g/mol. The Labute approximate surface area is 156 Å². The zero-order valence-corrected chi connectivity index (χ0v) is 16.8. The molecule has 0 heterocycles. The first kappa shape index (κ1) is 19.6. The average Bonchev–Trinajstić information content (AvgIpc) is 2.62. The van der Waals surface area contributed by atoms with Crippen LogP contribution in [0.4, 0.5) is 0 Å². The molecule has 2 nitrogen and oxygen atoms in total. The summed E-state index contributed by atoms with van der Waals surface area (Å²) in [5.74, 6) is 0.929. The molecule has 0 atom stereocenters. The van der Waals surface area contributed by atoms with Crippen LogP contribution in [0.2, 0.25) is 0 Å². The Morgan fingerprint density at radius 3 is 2.36 bits per heavy atom. The highest BCUT2D eigenvalue weighted by Crippen LogP contribution is 2.30. The fourth-order valence-corrected chi connectivity index (χ4v) is 3.78. The highest BCUT2D eigenvalue weighted by molar-refractivity contribution is 8.13. The topological polar surface area (TPSA) is 26.3 Å². The van der Waals surface area contributed by atoms with E-state index in [2.05, 4.69) is 45.9 Å². The molecule has 2 rings (SSSR count). The van der Waals surface area contributed by atoms with Crippen LogP contribution in [0.1, 0.15) is 55.0 Å². The van der Waals surface area contributed by atoms with Gasteiger partial charge in [-0.1, -0.05) is 50.7 Å². The van der Waals surface area contributed by atoms with Crippen molar-refractivity contribution in [1.29, 1.82) is 0 Å². The lowest BCUT2D eigenvalue weighted by molar-refractivity contribution is -0.110. The van der Waals surface area contributed by atoms with Crippen LogP contribution in [0.3, 0.4) is 0 Å². The van der Waals surface area contributed by atoms with E-state index >= 15 is 0 Å². The van der Waals surface area contributed by atoms with Crippen molar-refractivity contribution in [2.24, 2.45) is 0 Å². The molecule has 0 unspecified atom stereocenters. The Balaban J connectivity index is 2.28. The van der Waals surface area contributed by atoms with Crippen LogP contribution in [-0.2, 0) is 24.2 Å². The first-order valence-corrected chi connectivity index (χ1v) is 9.86. The molecule has 2 aromatic rings. The predicted molar refractivity (Wildman–Crippen MR) is 107 cm³/mol. The highest BCUT2D eigenvalue weighted by atomic mass is 32.2. The van der Waals surface area contributed by atoms with Crippen LogP contribution in [0, 0.1) is 13.8 Å². The molecule has 0 spiro atoms. The maximum atomic E-state index is 11.9. The van der Waals surface area contributed by atoms with Gasteiger partial charge in [0.05, 0.1) is 0 Å². The van der Waals surface area contributed by atoms with Crippen molar-refractivity contribution in [3.05, 3.63) is 58.1 Å². The third kappa shape index (κ3) is 4.88. The molecule has 0 aliphatic heterocycles. The van der Waals surface area contributed by atoms with Crippen molar-refractivity contribution >= 4 is 16.9 Å². The lowest BCUT2D eigenvalue weighted by atomic mass is 10.0. The summed E-state index contributed by atoms with van der Waals surface area (Å²) in [6, 6.07) is 10.5. The largest absolute Gasteiger partial charge is 0.489 e. The second-order valence-electron chi connectivity index (χ2n) is 6.26. The van der Waals surface area contributed by atoms with Crippen molar-refractivity contribution in [1.82, 2.24) is 0 Å². The number of hydrogen-bond acceptors (Lipinski definition) is 3. The lowest BCUT2D eigenvalue weighted by Gasteiger charge is -2.16. The van der Waals surface area contributed by atoms with Crippen LogP contribution in [0.5, 0.6) is 5.75 Å². The van der Waals surface area contributed by atoms with Crippen molar-refractivity contribution in [2.45, 2.75) is 65.4 Å². The van der Waals surface area contributed by atoms with E-state index in [9.17, 15) is 4.79 Å². The van der Waals surface area contributed by atoms with Crippen molar-refractivity contribution in [3.8, 4) is 5.75 Å². The van der Waals surface area contributed by atoms with E-state index in [4.69, 9.17) is 4.74 Å². The first-order chi connectivity index (χ1) is 12.0. The van der Waals surface area contributed by atoms with Crippen LogP contribution in [0.15, 0.2) is 35.2 Å². The van der Waals surface area contributed by atoms with Gasteiger partial charge in [-0.25, -0.2) is 0 Å². The summed E-state index contributed by atoms with van der Waals surface area (Å²) >= 11 is 1.33. The Hall–Kier alpha value is -1.74. The summed E-state index contributed by atoms with van der Waals surface area (Å²) in [5.41, 5.74) is 6.17. The smallest absolute Gasteiger partial charge is 0.193 e. The number of aryl methyl sites for hydroxylation is 4. The van der Waals surface area contributed by atoms with E-state index < -0.39 is 0 Å². The zero-order valence-electron chi connectivity index (χ0n) is 15.9. The molecular weight excluding hydrogens is 328 g/mol. The van der Waals surface area contributed by atoms with Gasteiger partial charge in [0.15, 0.2) is 5.12 Å². The molecule has 2 aromatic carbocycles. The minimum absolute atomic E-state index is 0.189. The average molecular weight is 357 g/mol. The first-order valence-electron chi connectivity index (χ1n) is 9.04. The quantitative estimate of drug-likeness (QED) is 0.566. The Morgan fingerprint density at radius 2 is 1.72 bits per heavy atom. The number of hydrogen-bond donors (Lipinski definition) is 0. The second-order valence-corrected chi connectivity index (χ2v) is 7.36. The molecule has 0 aromatic heterocycles. The Bertz CT molecular complexity index is 750. The van der Waals surface area contributed by atoms with Crippen LogP contribution >= 0.6 is 11.8 Å². The molecule has 3 heteroatoms. The lowest BCUT2D eigenvalue weighted by Crippen LogP contribution is -2.04. The SMILES string of the molecule is CCC(=O)Sc1cccc(CC)c1COc1cc(C)c(CC)cc1C. The maximum Gasteiger partial charge on any atom is 0.193 e. The van der Waals surface area contributed by atoms with E-state index in [0.717, 1.165) is 34.6 Å². The van der Waals surface area contributed by atoms with Gasteiger partial charge in [-0.15, -0.1) is 0 Å². The van der Waals surface area contributed by atoms with Gasteiger partial charge in [0.25, 0.3) is 0 Å². The molecule has 0 aliphatic rings. The number of ether oxygens (including phenoxy) is 1. The minimum Gasteiger partial charge on any atom is -0.489 e. The predicted octanol–water partition coefficient (Wildman–Crippen LogP) is 6.04. The number of benzene rings is 2. The van der Waals surface area contributed by atoms with Gasteiger partial charge in [-0.05, 0) is 61.1 Å². The van der Waals surface area contributed by atoms with Crippen molar-refractivity contribution in [2.75, 3.05) is 0 Å². The van der Waals surface area contributed by atoms with E-state index in [1.165, 1.54) is 28.5 Å². The minimum atomic E-state index is 0.189. The summed E-state index contributed by atoms with van der Waals surface area (Å²) < 4.78 is 6.18. The van der Waals surface area contributed by atoms with Crippen molar-refractivity contribution in [3.63, 3.8) is 0 Å². The molecule has 0 radical (unpaired) electrons. The summed E-state index contributed by atoms with van der Waals surface area (Å²) in [6.07, 6.45) is 2.50. The molecular formula is C22H28O2S. The van der Waals surface area contributed by atoms with Gasteiger partial charge >= 0.3 is 0 Å². The molecule has 0 saturated heterocycles. The summed E-state index contributed by atoms with van der Waals surface area (Å²) in [4.78, 5) is 12.9. The molecule has 0 bridgehead atoms. The van der Waals surface area contributed by atoms with Gasteiger partial charge in [-0.3, -0.25) is 4.79 Å². The van der Waals surface area contributed by atoms with Crippen molar-refractivity contribution < 1.29 is 9.53 Å². The molecule has 0 saturated carbocycles. The maximum absolute atomic E-state index is 11.9. The van der Waals surface area contributed by atoms with E-state index in [1.54, 1.807) is 0 Å². The normalized spacial score (nSPS) is 10.8. The summed E-state index contributed by atoms with van der Waals surface area (Å²) in [5, 5.41) is 0.189. The molecule has 134 valence electrons. The third-order valence-corrected chi connectivity index (χ3v) is 5.63. The molecule has 0 aliphatic carbocycles. The van der Waals surface area contributed by atoms with E-state index in [0.29, 0.717) is 13.0 Å². The number of thioether (sulfide) groups is 1. The molecule has 25 heavy (non-hydrogen) atoms. The van der Waals surface area contributed by atoms with E-state index in [-0.39, 0.29) is 5.12 Å². The summed E-state index contributed by atoms with van der Waals surface area (Å²) in [7, 11) is 0. The second kappa shape index (κ2) is 9.10. The van der Waals surface area contributed by atoms with Gasteiger partial charge in [-0.2, -0.15) is 0 Å². The Kier molecular flexibility index (Phi) is 7.12. The fraction of sp³-hybridized carbons (Fsp3) is 0.409. The Morgan fingerprint density at radius 1 is 1.00 bits per heavy atom. The van der Waals surface area contributed by atoms with Crippen LogP contribution < -0.4 is 4.74 Å². The van der Waals surface area contributed by atoms with Gasteiger partial charge in [0.2, 0.25) is 0 Å². The van der Waals surface area contributed by atoms with Gasteiger partial charge in [0.1, 0.15) is 12.4 Å².